The zero-order valence-electron chi connectivity index (χ0n) is 7.57. The van der Waals surface area contributed by atoms with Gasteiger partial charge < -0.3 is 0 Å². The van der Waals surface area contributed by atoms with Crippen LogP contribution in [0.3, 0.4) is 0 Å². The Labute approximate surface area is 91.1 Å². The molecule has 0 spiro atoms. The van der Waals surface area contributed by atoms with Crippen LogP contribution in [-0.4, -0.2) is 4.83 Å². The Bertz CT molecular complexity index is 499. The van der Waals surface area contributed by atoms with E-state index < -0.39 is 0 Å². The first-order chi connectivity index (χ1) is 6.88. The van der Waals surface area contributed by atoms with Crippen molar-refractivity contribution in [2.75, 3.05) is 0 Å². The highest BCUT2D eigenvalue weighted by Gasteiger charge is 2.55. The zero-order chi connectivity index (χ0) is 9.28. The van der Waals surface area contributed by atoms with Crippen LogP contribution < -0.4 is 0 Å². The summed E-state index contributed by atoms with van der Waals surface area (Å²) in [5, 5.41) is 2.94. The third-order valence-corrected chi connectivity index (χ3v) is 4.76. The lowest BCUT2D eigenvalue weighted by atomic mass is 10.0. The predicted octanol–water partition coefficient (Wildman–Crippen LogP) is 3.80. The Morgan fingerprint density at radius 2 is 1.43 bits per heavy atom. The van der Waals surface area contributed by atoms with Gasteiger partial charge in [0.1, 0.15) is 0 Å². The number of hydrogen-bond donors (Lipinski definition) is 0. The van der Waals surface area contributed by atoms with Crippen LogP contribution in [0.15, 0.2) is 36.4 Å². The molecule has 0 bridgehead atoms. The molecule has 0 heterocycles. The van der Waals surface area contributed by atoms with Gasteiger partial charge in [-0.3, -0.25) is 0 Å². The molecular weight excluding hydrogens is 236 g/mol. The van der Waals surface area contributed by atoms with Crippen molar-refractivity contribution in [3.8, 4) is 0 Å². The first-order valence-corrected chi connectivity index (χ1v) is 5.95. The first-order valence-electron chi connectivity index (χ1n) is 5.03. The van der Waals surface area contributed by atoms with Crippen LogP contribution in [0.2, 0.25) is 0 Å². The summed E-state index contributed by atoms with van der Waals surface area (Å²) in [6.07, 6.45) is 0. The van der Waals surface area contributed by atoms with Gasteiger partial charge in [0.25, 0.3) is 0 Å². The lowest BCUT2D eigenvalue weighted by molar-refractivity contribution is 1.10. The third kappa shape index (κ3) is 0.683. The Balaban J connectivity index is 2.19. The molecule has 3 atom stereocenters. The molecular formula is C13H9Br. The molecule has 0 radical (unpaired) electrons. The molecule has 2 aromatic rings. The second-order valence-corrected chi connectivity index (χ2v) is 5.35. The van der Waals surface area contributed by atoms with Crippen molar-refractivity contribution in [1.82, 2.24) is 0 Å². The van der Waals surface area contributed by atoms with Crippen molar-refractivity contribution in [1.29, 1.82) is 0 Å². The molecule has 0 amide bonds. The largest absolute Gasteiger partial charge is 0.0877 e. The van der Waals surface area contributed by atoms with Crippen molar-refractivity contribution in [2.24, 2.45) is 0 Å². The normalized spacial score (nSPS) is 31.9. The topological polar surface area (TPSA) is 0 Å². The summed E-state index contributed by atoms with van der Waals surface area (Å²) >= 11 is 3.76. The quantitative estimate of drug-likeness (QED) is 0.619. The first kappa shape index (κ1) is 7.47. The van der Waals surface area contributed by atoms with E-state index in [0.29, 0.717) is 4.83 Å². The van der Waals surface area contributed by atoms with Gasteiger partial charge in [-0.25, -0.2) is 0 Å². The van der Waals surface area contributed by atoms with Gasteiger partial charge in [-0.05, 0) is 21.9 Å². The Kier molecular flexibility index (Phi) is 1.18. The maximum atomic E-state index is 3.76. The minimum atomic E-state index is 0.697. The molecule has 0 nitrogen and oxygen atoms in total. The summed E-state index contributed by atoms with van der Waals surface area (Å²) in [4.78, 5) is 0.697. The summed E-state index contributed by atoms with van der Waals surface area (Å²) in [6, 6.07) is 13.4. The van der Waals surface area contributed by atoms with Gasteiger partial charge in [0.15, 0.2) is 0 Å². The van der Waals surface area contributed by atoms with Crippen LogP contribution in [0, 0.1) is 0 Å². The number of rotatable bonds is 0. The number of hydrogen-bond acceptors (Lipinski definition) is 0. The van der Waals surface area contributed by atoms with E-state index in [9.17, 15) is 0 Å². The highest BCUT2D eigenvalue weighted by atomic mass is 79.9. The molecule has 1 saturated carbocycles. The molecule has 0 aliphatic heterocycles. The smallest absolute Gasteiger partial charge is 0.0296 e. The SMILES string of the molecule is BrC1[C@H]2c3cccc4cccc(c34)[C@@H]12. The molecule has 68 valence electrons. The number of fused-ring (bicyclic) bond motifs is 3. The van der Waals surface area contributed by atoms with E-state index in [1.165, 1.54) is 10.8 Å². The fourth-order valence-electron chi connectivity index (χ4n) is 2.96. The van der Waals surface area contributed by atoms with E-state index in [1.54, 1.807) is 11.1 Å². The summed E-state index contributed by atoms with van der Waals surface area (Å²) in [5.74, 6) is 1.52. The monoisotopic (exact) mass is 244 g/mol. The van der Waals surface area contributed by atoms with Gasteiger partial charge >= 0.3 is 0 Å². The summed E-state index contributed by atoms with van der Waals surface area (Å²) in [7, 11) is 0. The standard InChI is InChI=1S/C13H9Br/c14-13-11-8-5-1-3-7-4-2-6-9(10(7)8)12(11)13/h1-6,11-13H/t11-,12+,13?. The fraction of sp³-hybridized carbons (Fsp3) is 0.231. The molecule has 0 N–H and O–H groups in total. The maximum absolute atomic E-state index is 3.76. The van der Waals surface area contributed by atoms with E-state index in [2.05, 4.69) is 52.3 Å². The highest BCUT2D eigenvalue weighted by molar-refractivity contribution is 9.09. The van der Waals surface area contributed by atoms with Crippen molar-refractivity contribution in [3.63, 3.8) is 0 Å². The molecule has 2 aliphatic carbocycles. The fourth-order valence-corrected chi connectivity index (χ4v) is 4.01. The number of alkyl halides is 1. The van der Waals surface area contributed by atoms with Gasteiger partial charge in [-0.15, -0.1) is 0 Å². The van der Waals surface area contributed by atoms with Crippen molar-refractivity contribution in [2.45, 2.75) is 16.7 Å². The van der Waals surface area contributed by atoms with E-state index >= 15 is 0 Å². The molecule has 0 aromatic heterocycles. The second kappa shape index (κ2) is 2.22. The van der Waals surface area contributed by atoms with Crippen molar-refractivity contribution in [3.05, 3.63) is 47.5 Å². The minimum Gasteiger partial charge on any atom is -0.0877 e. The average molecular weight is 245 g/mol. The van der Waals surface area contributed by atoms with Crippen LogP contribution in [0.5, 0.6) is 0 Å². The van der Waals surface area contributed by atoms with Gasteiger partial charge in [0.05, 0.1) is 0 Å². The van der Waals surface area contributed by atoms with E-state index in [4.69, 9.17) is 0 Å². The molecule has 2 aliphatic rings. The van der Waals surface area contributed by atoms with Crippen LogP contribution >= 0.6 is 15.9 Å². The summed E-state index contributed by atoms with van der Waals surface area (Å²) < 4.78 is 0. The molecule has 1 heteroatoms. The maximum Gasteiger partial charge on any atom is 0.0296 e. The average Bonchev–Trinajstić information content (AvgIpc) is 2.74. The molecule has 14 heavy (non-hydrogen) atoms. The van der Waals surface area contributed by atoms with Gasteiger partial charge in [0, 0.05) is 16.7 Å². The van der Waals surface area contributed by atoms with Crippen LogP contribution in [0.4, 0.5) is 0 Å². The van der Waals surface area contributed by atoms with Gasteiger partial charge in [0.2, 0.25) is 0 Å². The minimum absolute atomic E-state index is 0.697. The van der Waals surface area contributed by atoms with E-state index in [-0.39, 0.29) is 0 Å². The van der Waals surface area contributed by atoms with Crippen molar-refractivity contribution < 1.29 is 0 Å². The van der Waals surface area contributed by atoms with Crippen LogP contribution in [0.25, 0.3) is 10.8 Å². The van der Waals surface area contributed by atoms with Crippen LogP contribution in [-0.2, 0) is 0 Å². The van der Waals surface area contributed by atoms with Gasteiger partial charge in [-0.1, -0.05) is 52.3 Å². The summed E-state index contributed by atoms with van der Waals surface area (Å²) in [5.41, 5.74) is 3.12. The number of benzene rings is 2. The molecule has 1 unspecified atom stereocenters. The zero-order valence-corrected chi connectivity index (χ0v) is 9.16. The Hall–Kier alpha value is -0.820. The molecule has 2 aromatic carbocycles. The Morgan fingerprint density at radius 3 is 2.00 bits per heavy atom. The predicted molar refractivity (Wildman–Crippen MR) is 62.1 cm³/mol. The van der Waals surface area contributed by atoms with E-state index in [1.807, 2.05) is 0 Å². The Morgan fingerprint density at radius 1 is 0.857 bits per heavy atom. The summed E-state index contributed by atoms with van der Waals surface area (Å²) in [6.45, 7) is 0. The second-order valence-electron chi connectivity index (χ2n) is 4.29. The van der Waals surface area contributed by atoms with E-state index in [0.717, 1.165) is 11.8 Å². The van der Waals surface area contributed by atoms with Crippen molar-refractivity contribution >= 4 is 26.7 Å². The highest BCUT2D eigenvalue weighted by Crippen LogP contribution is 2.66. The molecule has 4 rings (SSSR count). The lowest BCUT2D eigenvalue weighted by Gasteiger charge is -2.05. The third-order valence-electron chi connectivity index (χ3n) is 3.62. The molecule has 0 saturated heterocycles. The number of halogens is 1. The van der Waals surface area contributed by atoms with Gasteiger partial charge in [-0.2, -0.15) is 0 Å². The lowest BCUT2D eigenvalue weighted by Crippen LogP contribution is -1.87. The molecule has 1 fully saturated rings. The van der Waals surface area contributed by atoms with Crippen LogP contribution in [0.1, 0.15) is 23.0 Å².